The van der Waals surface area contributed by atoms with Crippen molar-refractivity contribution in [3.8, 4) is 5.75 Å². The minimum Gasteiger partial charge on any atom is -0.406 e. The molecule has 0 amide bonds. The van der Waals surface area contributed by atoms with Crippen LogP contribution in [0.3, 0.4) is 0 Å². The van der Waals surface area contributed by atoms with Crippen LogP contribution in [0.4, 0.5) is 35.9 Å². The van der Waals surface area contributed by atoms with Gasteiger partial charge in [0.05, 0.1) is 4.90 Å². The average Bonchev–Trinajstić information content (AvgIpc) is 3.40. The summed E-state index contributed by atoms with van der Waals surface area (Å²) in [5.41, 5.74) is 15.4. The van der Waals surface area contributed by atoms with Crippen LogP contribution in [-0.4, -0.2) is 41.0 Å². The summed E-state index contributed by atoms with van der Waals surface area (Å²) in [6.45, 7) is 2.33. The maximum Gasteiger partial charge on any atom is 0.573 e. The van der Waals surface area contributed by atoms with E-state index in [4.69, 9.17) is 28.9 Å². The summed E-state index contributed by atoms with van der Waals surface area (Å²) in [5, 5.41) is 1.42. The maximum absolute atomic E-state index is 12.6. The predicted octanol–water partition coefficient (Wildman–Crippen LogP) is 10.2. The lowest BCUT2D eigenvalue weighted by atomic mass is 10.0. The minimum absolute atomic E-state index is 0. The number of para-hydroxylation sites is 2. The van der Waals surface area contributed by atoms with E-state index in [1.807, 2.05) is 42.5 Å². The molecular formula is C41H42Cl3F3N4O3S. The standard InChI is InChI=1S/C24H22ClF3N2O3S.C17H19ClN2.ClH/c25-19-9-8-18-7-6-17-4-1-2-5-22(17)30(23(18)16-19)15-3-14-29-34(31,32)21-12-10-20(11-13-21)33-24(26,27)28;18-15-9-8-14-7-6-13-4-1-2-5-16(13)20(11-3-10-19)17(14)12-15;/h1-2,4-5,8-13,16,29H,3,6-7,14-15H2;1-2,4-5,8-9,12H,3,6-7,10-11,19H2;1H. The Bertz CT molecular complexity index is 2170. The summed E-state index contributed by atoms with van der Waals surface area (Å²) in [4.78, 5) is 4.39. The fourth-order valence-corrected chi connectivity index (χ4v) is 8.25. The summed E-state index contributed by atoms with van der Waals surface area (Å²) in [7, 11) is -3.89. The molecular weight excluding hydrogens is 792 g/mol. The summed E-state index contributed by atoms with van der Waals surface area (Å²) in [6.07, 6.45) is 0.526. The summed E-state index contributed by atoms with van der Waals surface area (Å²) < 4.78 is 68.3. The van der Waals surface area contributed by atoms with E-state index in [2.05, 4.69) is 61.7 Å². The maximum atomic E-state index is 12.6. The van der Waals surface area contributed by atoms with Crippen LogP contribution in [-0.2, 0) is 35.7 Å². The number of fused-ring (bicyclic) bond motifs is 4. The lowest BCUT2D eigenvalue weighted by Crippen LogP contribution is -2.28. The number of benzene rings is 5. The van der Waals surface area contributed by atoms with Crippen molar-refractivity contribution < 1.29 is 26.3 Å². The number of hydrogen-bond donors (Lipinski definition) is 2. The van der Waals surface area contributed by atoms with Crippen LogP contribution in [0.5, 0.6) is 5.75 Å². The number of halogens is 6. The normalized spacial score (nSPS) is 13.4. The fourth-order valence-electron chi connectivity index (χ4n) is 6.85. The Morgan fingerprint density at radius 1 is 0.655 bits per heavy atom. The van der Waals surface area contributed by atoms with Gasteiger partial charge in [0.15, 0.2) is 0 Å². The molecule has 0 aliphatic carbocycles. The first kappa shape index (κ1) is 42.2. The largest absolute Gasteiger partial charge is 0.573 e. The van der Waals surface area contributed by atoms with Gasteiger partial charge in [-0.05, 0) is 128 Å². The highest BCUT2D eigenvalue weighted by Gasteiger charge is 2.31. The number of aryl methyl sites for hydroxylation is 4. The Morgan fingerprint density at radius 2 is 1.11 bits per heavy atom. The molecule has 292 valence electrons. The molecule has 0 fully saturated rings. The number of nitrogens with two attached hydrogens (primary N) is 1. The van der Waals surface area contributed by atoms with Gasteiger partial charge in [0.1, 0.15) is 5.75 Å². The Hall–Kier alpha value is -3.97. The van der Waals surface area contributed by atoms with Gasteiger partial charge in [0, 0.05) is 52.4 Å². The van der Waals surface area contributed by atoms with Crippen LogP contribution in [0, 0.1) is 0 Å². The van der Waals surface area contributed by atoms with E-state index in [1.54, 1.807) is 0 Å². The van der Waals surface area contributed by atoms with Gasteiger partial charge in [0.2, 0.25) is 10.0 Å². The van der Waals surface area contributed by atoms with Crippen molar-refractivity contribution in [3.05, 3.63) is 141 Å². The monoisotopic (exact) mass is 832 g/mol. The number of anilines is 4. The molecule has 14 heteroatoms. The number of sulfonamides is 1. The van der Waals surface area contributed by atoms with E-state index < -0.39 is 22.1 Å². The second kappa shape index (κ2) is 18.8. The van der Waals surface area contributed by atoms with E-state index >= 15 is 0 Å². The molecule has 3 N–H and O–H groups in total. The molecule has 55 heavy (non-hydrogen) atoms. The molecule has 5 aromatic carbocycles. The molecule has 0 aromatic heterocycles. The molecule has 2 aliphatic rings. The smallest absolute Gasteiger partial charge is 0.406 e. The molecule has 0 saturated carbocycles. The van der Waals surface area contributed by atoms with Gasteiger partial charge in [-0.25, -0.2) is 13.1 Å². The molecule has 2 aliphatic heterocycles. The van der Waals surface area contributed by atoms with Gasteiger partial charge in [-0.1, -0.05) is 71.7 Å². The lowest BCUT2D eigenvalue weighted by Gasteiger charge is -2.27. The van der Waals surface area contributed by atoms with Gasteiger partial charge in [-0.2, -0.15) is 0 Å². The van der Waals surface area contributed by atoms with E-state index in [1.165, 1.54) is 33.6 Å². The van der Waals surface area contributed by atoms with E-state index in [9.17, 15) is 21.6 Å². The zero-order valence-corrected chi connectivity index (χ0v) is 33.0. The van der Waals surface area contributed by atoms with Gasteiger partial charge >= 0.3 is 6.36 Å². The molecule has 0 saturated heterocycles. The van der Waals surface area contributed by atoms with Crippen molar-refractivity contribution in [3.63, 3.8) is 0 Å². The fraction of sp³-hybridized carbons (Fsp3) is 0.268. The van der Waals surface area contributed by atoms with Crippen LogP contribution in [0.1, 0.15) is 35.1 Å². The second-order valence-corrected chi connectivity index (χ2v) is 15.7. The summed E-state index contributed by atoms with van der Waals surface area (Å²) >= 11 is 12.5. The van der Waals surface area contributed by atoms with E-state index in [0.717, 1.165) is 79.3 Å². The van der Waals surface area contributed by atoms with E-state index in [0.29, 0.717) is 24.5 Å². The molecule has 0 radical (unpaired) electrons. The summed E-state index contributed by atoms with van der Waals surface area (Å²) in [6, 6.07) is 32.8. The Kier molecular flexibility index (Phi) is 14.4. The van der Waals surface area contributed by atoms with Gasteiger partial charge in [-0.3, -0.25) is 0 Å². The topological polar surface area (TPSA) is 87.9 Å². The highest BCUT2D eigenvalue weighted by Crippen LogP contribution is 2.39. The van der Waals surface area contributed by atoms with Crippen molar-refractivity contribution in [1.29, 1.82) is 0 Å². The number of ether oxygens (including phenoxy) is 1. The van der Waals surface area contributed by atoms with E-state index in [-0.39, 0.29) is 23.8 Å². The molecule has 0 unspecified atom stereocenters. The number of nitrogens with one attached hydrogen (secondary N) is 1. The quantitative estimate of drug-likeness (QED) is 0.136. The first-order chi connectivity index (χ1) is 25.9. The third-order valence-electron chi connectivity index (χ3n) is 9.37. The SMILES string of the molecule is Cl.NCCCN1c2ccccc2CCc2ccc(Cl)cc21.O=S(=O)(NCCCN1c2ccccc2CCc2ccc(Cl)cc21)c1ccc(OC(F)(F)F)cc1. The van der Waals surface area contributed by atoms with Crippen molar-refractivity contribution in [2.45, 2.75) is 49.8 Å². The Morgan fingerprint density at radius 3 is 1.58 bits per heavy atom. The van der Waals surface area contributed by atoms with Crippen LogP contribution < -0.4 is 25.0 Å². The minimum atomic E-state index is -4.84. The molecule has 0 spiro atoms. The van der Waals surface area contributed by atoms with Gasteiger partial charge in [-0.15, -0.1) is 25.6 Å². The van der Waals surface area contributed by atoms with Crippen molar-refractivity contribution in [2.24, 2.45) is 5.73 Å². The number of hydrogen-bond acceptors (Lipinski definition) is 6. The van der Waals surface area contributed by atoms with Gasteiger partial charge < -0.3 is 20.3 Å². The molecule has 7 nitrogen and oxygen atoms in total. The third-order valence-corrected chi connectivity index (χ3v) is 11.3. The Balaban J connectivity index is 0.000000235. The summed E-state index contributed by atoms with van der Waals surface area (Å²) in [5.74, 6) is -0.483. The molecule has 5 aromatic rings. The zero-order chi connectivity index (χ0) is 38.3. The molecule has 0 bridgehead atoms. The highest BCUT2D eigenvalue weighted by atomic mass is 35.5. The first-order valence-electron chi connectivity index (χ1n) is 17.7. The predicted molar refractivity (Wildman–Crippen MR) is 218 cm³/mol. The first-order valence-corrected chi connectivity index (χ1v) is 20.0. The second-order valence-electron chi connectivity index (χ2n) is 13.0. The molecule has 7 rings (SSSR count). The highest BCUT2D eigenvalue weighted by molar-refractivity contribution is 7.89. The van der Waals surface area contributed by atoms with Crippen LogP contribution in [0.2, 0.25) is 10.0 Å². The van der Waals surface area contributed by atoms with Crippen molar-refractivity contribution in [1.82, 2.24) is 4.72 Å². The van der Waals surface area contributed by atoms with Crippen molar-refractivity contribution >= 4 is 68.4 Å². The lowest BCUT2D eigenvalue weighted by molar-refractivity contribution is -0.274. The number of nitrogens with zero attached hydrogens (tertiary/aromatic N) is 2. The zero-order valence-electron chi connectivity index (χ0n) is 29.9. The molecule has 0 atom stereocenters. The Labute approximate surface area is 336 Å². The van der Waals surface area contributed by atoms with Crippen molar-refractivity contribution in [2.75, 3.05) is 36.0 Å². The van der Waals surface area contributed by atoms with Gasteiger partial charge in [0.25, 0.3) is 0 Å². The average molecular weight is 834 g/mol. The van der Waals surface area contributed by atoms with Crippen LogP contribution in [0.15, 0.2) is 114 Å². The van der Waals surface area contributed by atoms with Crippen LogP contribution >= 0.6 is 35.6 Å². The number of rotatable bonds is 10. The molecule has 2 heterocycles. The van der Waals surface area contributed by atoms with Crippen LogP contribution in [0.25, 0.3) is 0 Å². The number of alkyl halides is 3. The third kappa shape index (κ3) is 10.9.